The Morgan fingerprint density at radius 1 is 1.00 bits per heavy atom. The summed E-state index contributed by atoms with van der Waals surface area (Å²) in [5, 5.41) is 5.01. The van der Waals surface area contributed by atoms with Gasteiger partial charge in [-0.25, -0.2) is 0 Å². The first-order valence-corrected chi connectivity index (χ1v) is 8.42. The molecule has 0 aliphatic rings. The Bertz CT molecular complexity index is 915. The number of rotatable bonds is 1. The molecular weight excluding hydrogens is 377 g/mol. The van der Waals surface area contributed by atoms with Gasteiger partial charge in [0.15, 0.2) is 0 Å². The van der Waals surface area contributed by atoms with Gasteiger partial charge in [0, 0.05) is 37.9 Å². The summed E-state index contributed by atoms with van der Waals surface area (Å²) < 4.78 is 3.57. The van der Waals surface area contributed by atoms with Crippen molar-refractivity contribution in [3.8, 4) is 11.1 Å². The van der Waals surface area contributed by atoms with Crippen LogP contribution in [-0.2, 0) is 7.05 Å². The van der Waals surface area contributed by atoms with Crippen LogP contribution in [0.4, 0.5) is 0 Å². The molecule has 0 bridgehead atoms. The van der Waals surface area contributed by atoms with Crippen molar-refractivity contribution >= 4 is 55.0 Å². The third kappa shape index (κ3) is 1.73. The van der Waals surface area contributed by atoms with Crippen molar-refractivity contribution in [2.24, 2.45) is 7.05 Å². The Kier molecular flexibility index (Phi) is 2.86. The van der Waals surface area contributed by atoms with Crippen LogP contribution in [0, 0.1) is 3.57 Å². The molecular formula is C17H12INS. The average Bonchev–Trinajstić information content (AvgIpc) is 3.02. The summed E-state index contributed by atoms with van der Waals surface area (Å²) in [6, 6.07) is 17.4. The summed E-state index contributed by atoms with van der Waals surface area (Å²) in [4.78, 5) is 1.35. The summed E-state index contributed by atoms with van der Waals surface area (Å²) >= 11 is 4.18. The fourth-order valence-electron chi connectivity index (χ4n) is 2.78. The molecule has 98 valence electrons. The smallest absolute Gasteiger partial charge is 0.104 e. The molecule has 2 aromatic carbocycles. The maximum absolute atomic E-state index is 2.35. The van der Waals surface area contributed by atoms with E-state index in [1.54, 1.807) is 0 Å². The lowest BCUT2D eigenvalue weighted by molar-refractivity contribution is 1.02. The maximum atomic E-state index is 2.35. The molecule has 0 radical (unpaired) electrons. The normalized spacial score (nSPS) is 11.5. The van der Waals surface area contributed by atoms with E-state index in [1.165, 1.54) is 35.8 Å². The zero-order chi connectivity index (χ0) is 13.7. The summed E-state index contributed by atoms with van der Waals surface area (Å²) in [6.45, 7) is 0. The van der Waals surface area contributed by atoms with Gasteiger partial charge < -0.3 is 4.57 Å². The van der Waals surface area contributed by atoms with Crippen molar-refractivity contribution in [2.45, 2.75) is 0 Å². The van der Waals surface area contributed by atoms with E-state index in [-0.39, 0.29) is 0 Å². The lowest BCUT2D eigenvalue weighted by Gasteiger charge is -1.99. The highest BCUT2D eigenvalue weighted by Crippen LogP contribution is 2.40. The Hall–Kier alpha value is -1.33. The largest absolute Gasteiger partial charge is 0.335 e. The summed E-state index contributed by atoms with van der Waals surface area (Å²) in [5.74, 6) is 0. The van der Waals surface area contributed by atoms with Gasteiger partial charge in [0.1, 0.15) is 4.83 Å². The van der Waals surface area contributed by atoms with Crippen LogP contribution in [0.2, 0.25) is 0 Å². The first-order chi connectivity index (χ1) is 9.75. The third-order valence-corrected chi connectivity index (χ3v) is 5.54. The molecule has 2 heterocycles. The number of nitrogens with zero attached hydrogens (tertiary/aromatic N) is 1. The number of thiophene rings is 1. The van der Waals surface area contributed by atoms with Crippen LogP contribution in [0.3, 0.4) is 0 Å². The van der Waals surface area contributed by atoms with Crippen molar-refractivity contribution in [3.05, 3.63) is 57.5 Å². The summed E-state index contributed by atoms with van der Waals surface area (Å²) in [5.41, 5.74) is 3.95. The Morgan fingerprint density at radius 3 is 2.55 bits per heavy atom. The van der Waals surface area contributed by atoms with Gasteiger partial charge in [-0.1, -0.05) is 30.3 Å². The van der Waals surface area contributed by atoms with Gasteiger partial charge in [0.25, 0.3) is 0 Å². The van der Waals surface area contributed by atoms with Crippen LogP contribution in [0.5, 0.6) is 0 Å². The van der Waals surface area contributed by atoms with E-state index in [1.807, 2.05) is 11.3 Å². The van der Waals surface area contributed by atoms with Crippen molar-refractivity contribution in [3.63, 3.8) is 0 Å². The SMILES string of the molecule is Cn1c2ccccc2c2c(-c3ccc(I)cc3)csc21. The average molecular weight is 389 g/mol. The van der Waals surface area contributed by atoms with Gasteiger partial charge in [0.2, 0.25) is 0 Å². The molecule has 0 spiro atoms. The monoisotopic (exact) mass is 389 g/mol. The molecule has 4 aromatic rings. The van der Waals surface area contributed by atoms with E-state index in [2.05, 4.69) is 88.1 Å². The van der Waals surface area contributed by atoms with Gasteiger partial charge in [-0.15, -0.1) is 11.3 Å². The van der Waals surface area contributed by atoms with Crippen molar-refractivity contribution < 1.29 is 0 Å². The molecule has 0 atom stereocenters. The number of aryl methyl sites for hydroxylation is 1. The lowest BCUT2D eigenvalue weighted by atomic mass is 10.0. The Labute approximate surface area is 135 Å². The zero-order valence-corrected chi connectivity index (χ0v) is 13.9. The fraction of sp³-hybridized carbons (Fsp3) is 0.0588. The second-order valence-corrected chi connectivity index (χ2v) is 7.02. The van der Waals surface area contributed by atoms with Gasteiger partial charge in [0.05, 0.1) is 0 Å². The number of fused-ring (bicyclic) bond motifs is 3. The molecule has 1 nitrogen and oxygen atoms in total. The third-order valence-electron chi connectivity index (χ3n) is 3.77. The van der Waals surface area contributed by atoms with E-state index < -0.39 is 0 Å². The predicted molar refractivity (Wildman–Crippen MR) is 96.5 cm³/mol. The minimum absolute atomic E-state index is 1.27. The quantitative estimate of drug-likeness (QED) is 0.370. The molecule has 20 heavy (non-hydrogen) atoms. The first-order valence-electron chi connectivity index (χ1n) is 6.46. The topological polar surface area (TPSA) is 4.93 Å². The molecule has 0 saturated carbocycles. The molecule has 0 N–H and O–H groups in total. The minimum atomic E-state index is 1.27. The van der Waals surface area contributed by atoms with Crippen LogP contribution >= 0.6 is 33.9 Å². The van der Waals surface area contributed by atoms with Crippen LogP contribution in [0.25, 0.3) is 32.2 Å². The van der Waals surface area contributed by atoms with Crippen LogP contribution < -0.4 is 0 Å². The van der Waals surface area contributed by atoms with Crippen molar-refractivity contribution in [1.29, 1.82) is 0 Å². The second-order valence-electron chi connectivity index (χ2n) is 4.91. The van der Waals surface area contributed by atoms with E-state index in [0.29, 0.717) is 0 Å². The lowest BCUT2D eigenvalue weighted by Crippen LogP contribution is -1.83. The fourth-order valence-corrected chi connectivity index (χ4v) is 4.22. The Balaban J connectivity index is 2.10. The molecule has 2 aromatic heterocycles. The molecule has 0 aliphatic heterocycles. The molecule has 4 rings (SSSR count). The highest BCUT2D eigenvalue weighted by molar-refractivity contribution is 14.1. The number of benzene rings is 2. The van der Waals surface area contributed by atoms with Gasteiger partial charge in [-0.3, -0.25) is 0 Å². The zero-order valence-electron chi connectivity index (χ0n) is 10.9. The van der Waals surface area contributed by atoms with Gasteiger partial charge >= 0.3 is 0 Å². The highest BCUT2D eigenvalue weighted by Gasteiger charge is 2.14. The van der Waals surface area contributed by atoms with Crippen LogP contribution in [0.1, 0.15) is 0 Å². The van der Waals surface area contributed by atoms with Crippen molar-refractivity contribution in [2.75, 3.05) is 0 Å². The van der Waals surface area contributed by atoms with Crippen molar-refractivity contribution in [1.82, 2.24) is 4.57 Å². The molecule has 0 fully saturated rings. The second kappa shape index (κ2) is 4.60. The highest BCUT2D eigenvalue weighted by atomic mass is 127. The number of para-hydroxylation sites is 1. The van der Waals surface area contributed by atoms with E-state index >= 15 is 0 Å². The van der Waals surface area contributed by atoms with E-state index in [9.17, 15) is 0 Å². The molecule has 0 amide bonds. The maximum Gasteiger partial charge on any atom is 0.104 e. The molecule has 0 saturated heterocycles. The Morgan fingerprint density at radius 2 is 1.75 bits per heavy atom. The number of aromatic nitrogens is 1. The summed E-state index contributed by atoms with van der Waals surface area (Å²) in [7, 11) is 2.15. The van der Waals surface area contributed by atoms with E-state index in [4.69, 9.17) is 0 Å². The number of hydrogen-bond donors (Lipinski definition) is 0. The molecule has 0 unspecified atom stereocenters. The standard InChI is InChI=1S/C17H12INS/c1-19-15-5-3-2-4-13(15)16-14(10-20-17(16)19)11-6-8-12(18)9-7-11/h2-10H,1H3. The van der Waals surface area contributed by atoms with Gasteiger partial charge in [-0.2, -0.15) is 0 Å². The minimum Gasteiger partial charge on any atom is -0.335 e. The summed E-state index contributed by atoms with van der Waals surface area (Å²) in [6.07, 6.45) is 0. The molecule has 3 heteroatoms. The van der Waals surface area contributed by atoms with Gasteiger partial charge in [-0.05, 0) is 46.4 Å². The number of hydrogen-bond acceptors (Lipinski definition) is 1. The predicted octanol–water partition coefficient (Wildman–Crippen LogP) is 5.66. The first kappa shape index (κ1) is 12.4. The number of halogens is 1. The van der Waals surface area contributed by atoms with Crippen LogP contribution in [-0.4, -0.2) is 4.57 Å². The molecule has 0 aliphatic carbocycles. The van der Waals surface area contributed by atoms with E-state index in [0.717, 1.165) is 0 Å². The van der Waals surface area contributed by atoms with Crippen LogP contribution in [0.15, 0.2) is 53.9 Å².